The largest absolute Gasteiger partial charge is 0.294 e. The van der Waals surface area contributed by atoms with E-state index in [0.717, 1.165) is 36.4 Å². The van der Waals surface area contributed by atoms with Crippen molar-refractivity contribution in [2.75, 3.05) is 5.33 Å². The van der Waals surface area contributed by atoms with E-state index in [1.807, 2.05) is 0 Å². The molecule has 0 heterocycles. The van der Waals surface area contributed by atoms with Crippen LogP contribution in [0.4, 0.5) is 8.78 Å². The molecule has 0 fully saturated rings. The number of halogens is 3. The second-order valence-electron chi connectivity index (χ2n) is 3.23. The van der Waals surface area contributed by atoms with Crippen LogP contribution in [-0.2, 0) is 0 Å². The highest BCUT2D eigenvalue weighted by atomic mass is 79.9. The highest BCUT2D eigenvalue weighted by Crippen LogP contribution is 2.12. The van der Waals surface area contributed by atoms with Gasteiger partial charge in [-0.25, -0.2) is 8.78 Å². The molecule has 0 radical (unpaired) electrons. The molecular weight excluding hydrogens is 266 g/mol. The van der Waals surface area contributed by atoms with E-state index in [2.05, 4.69) is 15.9 Å². The van der Waals surface area contributed by atoms with E-state index < -0.39 is 11.6 Å². The Kier molecular flexibility index (Phi) is 4.88. The van der Waals surface area contributed by atoms with Crippen LogP contribution in [0.3, 0.4) is 0 Å². The molecule has 0 aliphatic carbocycles. The van der Waals surface area contributed by atoms with Crippen molar-refractivity contribution in [2.45, 2.75) is 19.3 Å². The highest BCUT2D eigenvalue weighted by molar-refractivity contribution is 9.09. The first-order valence-corrected chi connectivity index (χ1v) is 5.81. The number of hydrogen-bond donors (Lipinski definition) is 0. The van der Waals surface area contributed by atoms with Gasteiger partial charge in [-0.1, -0.05) is 15.9 Å². The third-order valence-corrected chi connectivity index (χ3v) is 2.53. The maximum absolute atomic E-state index is 12.8. The van der Waals surface area contributed by atoms with Gasteiger partial charge in [0, 0.05) is 23.4 Å². The zero-order valence-electron chi connectivity index (χ0n) is 8.10. The molecule has 0 unspecified atom stereocenters. The molecule has 0 amide bonds. The van der Waals surface area contributed by atoms with E-state index in [0.29, 0.717) is 6.42 Å². The number of rotatable bonds is 5. The summed E-state index contributed by atoms with van der Waals surface area (Å²) in [7, 11) is 0. The summed E-state index contributed by atoms with van der Waals surface area (Å²) < 4.78 is 25.6. The van der Waals surface area contributed by atoms with Crippen molar-refractivity contribution in [1.29, 1.82) is 0 Å². The minimum atomic E-state index is -0.709. The van der Waals surface area contributed by atoms with Crippen molar-refractivity contribution in [3.05, 3.63) is 35.4 Å². The molecule has 0 aromatic heterocycles. The zero-order chi connectivity index (χ0) is 11.3. The molecule has 4 heteroatoms. The fourth-order valence-electron chi connectivity index (χ4n) is 1.24. The minimum Gasteiger partial charge on any atom is -0.294 e. The van der Waals surface area contributed by atoms with Crippen molar-refractivity contribution >= 4 is 21.7 Å². The molecule has 0 N–H and O–H groups in total. The summed E-state index contributed by atoms with van der Waals surface area (Å²) >= 11 is 3.25. The summed E-state index contributed by atoms with van der Waals surface area (Å²) in [6.07, 6.45) is 1.93. The number of benzene rings is 1. The Balaban J connectivity index is 2.65. The van der Waals surface area contributed by atoms with Gasteiger partial charge in [0.25, 0.3) is 0 Å². The van der Waals surface area contributed by atoms with E-state index in [4.69, 9.17) is 0 Å². The minimum absolute atomic E-state index is 0.113. The number of ketones is 1. The summed E-state index contributed by atoms with van der Waals surface area (Å²) in [6.45, 7) is 0. The number of Topliss-reactive ketones (excluding diaryl/α,β-unsaturated/α-hetero) is 1. The van der Waals surface area contributed by atoms with Gasteiger partial charge in [-0.05, 0) is 25.0 Å². The fraction of sp³-hybridized carbons (Fsp3) is 0.364. The van der Waals surface area contributed by atoms with E-state index >= 15 is 0 Å². The predicted octanol–water partition coefficient (Wildman–Crippen LogP) is 3.71. The third kappa shape index (κ3) is 4.08. The van der Waals surface area contributed by atoms with Crippen LogP contribution >= 0.6 is 15.9 Å². The molecule has 0 spiro atoms. The summed E-state index contributed by atoms with van der Waals surface area (Å²) in [5.41, 5.74) is 0.113. The second kappa shape index (κ2) is 5.95. The quantitative estimate of drug-likeness (QED) is 0.455. The summed E-state index contributed by atoms with van der Waals surface area (Å²) in [6, 6.07) is 2.90. The Morgan fingerprint density at radius 2 is 1.73 bits per heavy atom. The van der Waals surface area contributed by atoms with Crippen LogP contribution in [0.2, 0.25) is 0 Å². The average molecular weight is 277 g/mol. The molecule has 0 atom stereocenters. The third-order valence-electron chi connectivity index (χ3n) is 1.97. The zero-order valence-corrected chi connectivity index (χ0v) is 9.69. The van der Waals surface area contributed by atoms with Gasteiger partial charge < -0.3 is 0 Å². The van der Waals surface area contributed by atoms with Gasteiger partial charge in [0.1, 0.15) is 11.6 Å². The molecule has 1 nitrogen and oxygen atoms in total. The predicted molar refractivity (Wildman–Crippen MR) is 58.3 cm³/mol. The first-order chi connectivity index (χ1) is 7.13. The molecule has 0 bridgehead atoms. The van der Waals surface area contributed by atoms with Crippen LogP contribution in [0, 0.1) is 11.6 Å². The van der Waals surface area contributed by atoms with E-state index in [1.165, 1.54) is 0 Å². The van der Waals surface area contributed by atoms with E-state index in [-0.39, 0.29) is 11.3 Å². The van der Waals surface area contributed by atoms with Gasteiger partial charge in [0.15, 0.2) is 5.78 Å². The average Bonchev–Trinajstić information content (AvgIpc) is 2.16. The monoisotopic (exact) mass is 276 g/mol. The van der Waals surface area contributed by atoms with Crippen molar-refractivity contribution in [3.8, 4) is 0 Å². The number of carbonyl (C=O) groups is 1. The Morgan fingerprint density at radius 1 is 1.13 bits per heavy atom. The van der Waals surface area contributed by atoms with Gasteiger partial charge in [0.05, 0.1) is 0 Å². The fourth-order valence-corrected chi connectivity index (χ4v) is 1.64. The smallest absolute Gasteiger partial charge is 0.163 e. The number of unbranched alkanes of at least 4 members (excludes halogenated alkanes) is 1. The molecular formula is C11H11BrF2O. The van der Waals surface area contributed by atoms with Crippen molar-refractivity contribution in [1.82, 2.24) is 0 Å². The van der Waals surface area contributed by atoms with Crippen molar-refractivity contribution in [2.24, 2.45) is 0 Å². The van der Waals surface area contributed by atoms with Crippen LogP contribution in [0.5, 0.6) is 0 Å². The Hall–Kier alpha value is -0.770. The summed E-state index contributed by atoms with van der Waals surface area (Å²) in [5.74, 6) is -1.63. The summed E-state index contributed by atoms with van der Waals surface area (Å²) in [5, 5.41) is 0.831. The van der Waals surface area contributed by atoms with Crippen LogP contribution in [0.25, 0.3) is 0 Å². The van der Waals surface area contributed by atoms with Crippen LogP contribution < -0.4 is 0 Å². The SMILES string of the molecule is O=C(CCCCBr)c1cc(F)cc(F)c1. The Morgan fingerprint density at radius 3 is 2.27 bits per heavy atom. The van der Waals surface area contributed by atoms with Crippen LogP contribution in [0.1, 0.15) is 29.6 Å². The molecule has 0 aliphatic heterocycles. The lowest BCUT2D eigenvalue weighted by molar-refractivity contribution is 0.0979. The van der Waals surface area contributed by atoms with Gasteiger partial charge in [-0.2, -0.15) is 0 Å². The number of hydrogen-bond acceptors (Lipinski definition) is 1. The van der Waals surface area contributed by atoms with Crippen molar-refractivity contribution < 1.29 is 13.6 Å². The normalized spacial score (nSPS) is 10.3. The van der Waals surface area contributed by atoms with Gasteiger partial charge in [-0.15, -0.1) is 0 Å². The van der Waals surface area contributed by atoms with Gasteiger partial charge >= 0.3 is 0 Å². The first-order valence-electron chi connectivity index (χ1n) is 4.68. The maximum Gasteiger partial charge on any atom is 0.163 e. The number of alkyl halides is 1. The van der Waals surface area contributed by atoms with Crippen LogP contribution in [0.15, 0.2) is 18.2 Å². The standard InChI is InChI=1S/C11H11BrF2O/c12-4-2-1-3-11(15)8-5-9(13)7-10(14)6-8/h5-7H,1-4H2. The lowest BCUT2D eigenvalue weighted by atomic mass is 10.1. The second-order valence-corrected chi connectivity index (χ2v) is 4.02. The lowest BCUT2D eigenvalue weighted by Crippen LogP contribution is -2.00. The van der Waals surface area contributed by atoms with E-state index in [9.17, 15) is 13.6 Å². The number of carbonyl (C=O) groups excluding carboxylic acids is 1. The Labute approximate surface area is 95.6 Å². The van der Waals surface area contributed by atoms with Crippen molar-refractivity contribution in [3.63, 3.8) is 0 Å². The highest BCUT2D eigenvalue weighted by Gasteiger charge is 2.08. The molecule has 0 aliphatic rings. The maximum atomic E-state index is 12.8. The summed E-state index contributed by atoms with van der Waals surface area (Å²) in [4.78, 5) is 11.5. The first kappa shape index (κ1) is 12.3. The molecule has 1 aromatic carbocycles. The van der Waals surface area contributed by atoms with Crippen LogP contribution in [-0.4, -0.2) is 11.1 Å². The lowest BCUT2D eigenvalue weighted by Gasteiger charge is -2.01. The molecule has 15 heavy (non-hydrogen) atoms. The molecule has 1 rings (SSSR count). The van der Waals surface area contributed by atoms with Gasteiger partial charge in [-0.3, -0.25) is 4.79 Å². The molecule has 82 valence electrons. The molecule has 0 saturated carbocycles. The Bertz CT molecular complexity index is 332. The topological polar surface area (TPSA) is 17.1 Å². The van der Waals surface area contributed by atoms with E-state index in [1.54, 1.807) is 0 Å². The molecule has 0 saturated heterocycles. The molecule has 1 aromatic rings. The van der Waals surface area contributed by atoms with Gasteiger partial charge in [0.2, 0.25) is 0 Å².